The summed E-state index contributed by atoms with van der Waals surface area (Å²) in [5, 5.41) is 8.92. The van der Waals surface area contributed by atoms with E-state index in [4.69, 9.17) is 5.26 Å². The zero-order chi connectivity index (χ0) is 20.2. The predicted molar refractivity (Wildman–Crippen MR) is 113 cm³/mol. The highest BCUT2D eigenvalue weighted by Crippen LogP contribution is 2.20. The van der Waals surface area contributed by atoms with Crippen LogP contribution in [-0.2, 0) is 24.3 Å². The summed E-state index contributed by atoms with van der Waals surface area (Å²) in [5.74, 6) is 0.250. The van der Waals surface area contributed by atoms with E-state index in [1.54, 1.807) is 0 Å². The maximum atomic E-state index is 13.1. The first-order valence-electron chi connectivity index (χ1n) is 10.4. The van der Waals surface area contributed by atoms with Crippen molar-refractivity contribution in [3.63, 3.8) is 0 Å². The number of carbonyl (C=O) groups is 1. The van der Waals surface area contributed by atoms with E-state index in [1.165, 1.54) is 16.7 Å². The number of amides is 1. The minimum absolute atomic E-state index is 0.0719. The molecular formula is C24H28N4O. The van der Waals surface area contributed by atoms with Crippen molar-refractivity contribution in [3.8, 4) is 6.07 Å². The lowest BCUT2D eigenvalue weighted by Gasteiger charge is -2.40. The molecule has 2 aromatic rings. The van der Waals surface area contributed by atoms with Crippen molar-refractivity contribution in [1.29, 1.82) is 5.26 Å². The molecule has 0 N–H and O–H groups in total. The average Bonchev–Trinajstić information content (AvgIpc) is 2.79. The van der Waals surface area contributed by atoms with Crippen molar-refractivity contribution < 1.29 is 4.79 Å². The summed E-state index contributed by atoms with van der Waals surface area (Å²) < 4.78 is 0. The van der Waals surface area contributed by atoms with E-state index in [0.717, 1.165) is 52.2 Å². The van der Waals surface area contributed by atoms with Crippen molar-refractivity contribution in [2.24, 2.45) is 0 Å². The Morgan fingerprint density at radius 2 is 1.69 bits per heavy atom. The third-order valence-electron chi connectivity index (χ3n) is 6.24. The quantitative estimate of drug-likeness (QED) is 0.808. The first-order valence-corrected chi connectivity index (χ1v) is 10.4. The van der Waals surface area contributed by atoms with Crippen molar-refractivity contribution in [1.82, 2.24) is 14.7 Å². The number of nitrogens with zero attached hydrogens (tertiary/aromatic N) is 4. The smallest absolute Gasteiger partial charge is 0.239 e. The topological polar surface area (TPSA) is 50.6 Å². The van der Waals surface area contributed by atoms with Gasteiger partial charge in [-0.1, -0.05) is 36.4 Å². The lowest BCUT2D eigenvalue weighted by atomic mass is 9.99. The summed E-state index contributed by atoms with van der Waals surface area (Å²) in [6.07, 6.45) is 0.951. The highest BCUT2D eigenvalue weighted by atomic mass is 16.2. The normalized spacial score (nSPS) is 18.7. The van der Waals surface area contributed by atoms with Gasteiger partial charge < -0.3 is 4.90 Å². The van der Waals surface area contributed by atoms with Crippen molar-refractivity contribution in [2.75, 3.05) is 32.7 Å². The molecule has 5 nitrogen and oxygen atoms in total. The molecule has 1 amide bonds. The Labute approximate surface area is 173 Å². The molecular weight excluding hydrogens is 360 g/mol. The Bertz CT molecular complexity index is 894. The van der Waals surface area contributed by atoms with Gasteiger partial charge in [0.2, 0.25) is 5.91 Å². The number of hydrogen-bond acceptors (Lipinski definition) is 4. The zero-order valence-corrected chi connectivity index (χ0v) is 17.1. The average molecular weight is 389 g/mol. The monoisotopic (exact) mass is 388 g/mol. The largest absolute Gasteiger partial charge is 0.337 e. The van der Waals surface area contributed by atoms with Crippen LogP contribution in [0.15, 0.2) is 48.5 Å². The third-order valence-corrected chi connectivity index (χ3v) is 6.24. The van der Waals surface area contributed by atoms with Gasteiger partial charge in [-0.3, -0.25) is 14.6 Å². The van der Waals surface area contributed by atoms with Gasteiger partial charge in [0, 0.05) is 45.8 Å². The van der Waals surface area contributed by atoms with Crippen LogP contribution in [0.3, 0.4) is 0 Å². The van der Waals surface area contributed by atoms with E-state index >= 15 is 0 Å². The fourth-order valence-electron chi connectivity index (χ4n) is 4.36. The lowest BCUT2D eigenvalue weighted by Crippen LogP contribution is -2.54. The highest BCUT2D eigenvalue weighted by Gasteiger charge is 2.30. The molecule has 2 heterocycles. The molecule has 4 rings (SSSR count). The van der Waals surface area contributed by atoms with Gasteiger partial charge in [-0.2, -0.15) is 5.26 Å². The van der Waals surface area contributed by atoms with Crippen LogP contribution in [-0.4, -0.2) is 59.4 Å². The summed E-state index contributed by atoms with van der Waals surface area (Å²) in [6.45, 7) is 8.24. The van der Waals surface area contributed by atoms with Gasteiger partial charge in [-0.05, 0) is 42.2 Å². The van der Waals surface area contributed by atoms with Crippen molar-refractivity contribution >= 4 is 5.91 Å². The van der Waals surface area contributed by atoms with Crippen LogP contribution in [0.5, 0.6) is 0 Å². The number of benzene rings is 2. The van der Waals surface area contributed by atoms with E-state index in [-0.39, 0.29) is 11.9 Å². The van der Waals surface area contributed by atoms with Gasteiger partial charge in [-0.25, -0.2) is 0 Å². The van der Waals surface area contributed by atoms with Crippen LogP contribution in [0.1, 0.15) is 29.2 Å². The van der Waals surface area contributed by atoms with Gasteiger partial charge in [0.05, 0.1) is 17.7 Å². The maximum absolute atomic E-state index is 13.1. The second kappa shape index (κ2) is 8.77. The van der Waals surface area contributed by atoms with Crippen molar-refractivity contribution in [2.45, 2.75) is 32.5 Å². The minimum Gasteiger partial charge on any atom is -0.337 e. The van der Waals surface area contributed by atoms with Crippen LogP contribution < -0.4 is 0 Å². The molecule has 0 radical (unpaired) electrons. The van der Waals surface area contributed by atoms with E-state index in [0.29, 0.717) is 5.56 Å². The van der Waals surface area contributed by atoms with E-state index in [1.807, 2.05) is 29.2 Å². The third kappa shape index (κ3) is 4.50. The van der Waals surface area contributed by atoms with E-state index < -0.39 is 0 Å². The summed E-state index contributed by atoms with van der Waals surface area (Å²) >= 11 is 0. The van der Waals surface area contributed by atoms with Crippen LogP contribution in [0.4, 0.5) is 0 Å². The highest BCUT2D eigenvalue weighted by molar-refractivity contribution is 5.81. The maximum Gasteiger partial charge on any atom is 0.239 e. The van der Waals surface area contributed by atoms with Gasteiger partial charge in [-0.15, -0.1) is 0 Å². The molecule has 1 atom stereocenters. The minimum atomic E-state index is -0.0719. The van der Waals surface area contributed by atoms with Gasteiger partial charge in [0.15, 0.2) is 0 Å². The molecule has 0 saturated carbocycles. The van der Waals surface area contributed by atoms with Crippen molar-refractivity contribution in [3.05, 3.63) is 70.8 Å². The Morgan fingerprint density at radius 3 is 2.38 bits per heavy atom. The predicted octanol–water partition coefficient (Wildman–Crippen LogP) is 2.65. The fraction of sp³-hybridized carbons (Fsp3) is 0.417. The molecule has 2 aliphatic rings. The molecule has 0 bridgehead atoms. The van der Waals surface area contributed by atoms with Gasteiger partial charge >= 0.3 is 0 Å². The second-order valence-corrected chi connectivity index (χ2v) is 8.08. The number of nitriles is 1. The van der Waals surface area contributed by atoms with E-state index in [2.05, 4.69) is 47.1 Å². The molecule has 1 fully saturated rings. The van der Waals surface area contributed by atoms with Crippen LogP contribution in [0.25, 0.3) is 0 Å². The molecule has 0 spiro atoms. The number of fused-ring (bicyclic) bond motifs is 1. The summed E-state index contributed by atoms with van der Waals surface area (Å²) in [4.78, 5) is 19.8. The molecule has 2 aliphatic heterocycles. The standard InChI is InChI=1S/C24H28N4O/c1-19(24(29)28-11-10-22-4-2-3-5-23(22)18-28)27-14-12-26(13-15-27)17-21-8-6-20(16-25)7-9-21/h2-9,19H,10-15,17-18H2,1H3/t19-/m1/s1. The molecule has 29 heavy (non-hydrogen) atoms. The Morgan fingerprint density at radius 1 is 1.00 bits per heavy atom. The zero-order valence-electron chi connectivity index (χ0n) is 17.1. The summed E-state index contributed by atoms with van der Waals surface area (Å²) in [5.41, 5.74) is 4.59. The Hall–Kier alpha value is -2.68. The molecule has 0 unspecified atom stereocenters. The Kier molecular flexibility index (Phi) is 5.94. The molecule has 150 valence electrons. The number of carbonyl (C=O) groups excluding carboxylic acids is 1. The number of hydrogen-bond donors (Lipinski definition) is 0. The van der Waals surface area contributed by atoms with Crippen LogP contribution >= 0.6 is 0 Å². The number of piperazine rings is 1. The Balaban J connectivity index is 1.29. The van der Waals surface area contributed by atoms with E-state index in [9.17, 15) is 4.79 Å². The van der Waals surface area contributed by atoms with Gasteiger partial charge in [0.25, 0.3) is 0 Å². The molecule has 2 aromatic carbocycles. The van der Waals surface area contributed by atoms with Gasteiger partial charge in [0.1, 0.15) is 0 Å². The SMILES string of the molecule is C[C@H](C(=O)N1CCc2ccccc2C1)N1CCN(Cc2ccc(C#N)cc2)CC1. The summed E-state index contributed by atoms with van der Waals surface area (Å²) in [7, 11) is 0. The first kappa shape index (κ1) is 19.6. The van der Waals surface area contributed by atoms with Crippen LogP contribution in [0, 0.1) is 11.3 Å². The second-order valence-electron chi connectivity index (χ2n) is 8.08. The first-order chi connectivity index (χ1) is 14.1. The molecule has 1 saturated heterocycles. The molecule has 5 heteroatoms. The number of rotatable bonds is 4. The lowest BCUT2D eigenvalue weighted by molar-refractivity contribution is -0.138. The van der Waals surface area contributed by atoms with Crippen LogP contribution in [0.2, 0.25) is 0 Å². The fourth-order valence-corrected chi connectivity index (χ4v) is 4.36. The molecule has 0 aromatic heterocycles. The summed E-state index contributed by atoms with van der Waals surface area (Å²) in [6, 6.07) is 18.4. The molecule has 0 aliphatic carbocycles.